The maximum absolute atomic E-state index is 13.3. The molecular weight excluding hydrogens is 475 g/mol. The summed E-state index contributed by atoms with van der Waals surface area (Å²) in [5.74, 6) is 2.23. The zero-order chi connectivity index (χ0) is 24.4. The molecule has 3 aliphatic rings. The molecule has 0 amide bonds. The number of benzene rings is 1. The van der Waals surface area contributed by atoms with Gasteiger partial charge in [0.2, 0.25) is 5.95 Å². The highest BCUT2D eigenvalue weighted by atomic mass is 32.1. The predicted octanol–water partition coefficient (Wildman–Crippen LogP) is 4.25. The third-order valence-electron chi connectivity index (χ3n) is 7.44. The van der Waals surface area contributed by atoms with Crippen molar-refractivity contribution in [1.29, 1.82) is 0 Å². The summed E-state index contributed by atoms with van der Waals surface area (Å²) in [5.41, 5.74) is 3.88. The van der Waals surface area contributed by atoms with E-state index in [1.165, 1.54) is 6.42 Å². The van der Waals surface area contributed by atoms with E-state index in [0.29, 0.717) is 31.0 Å². The molecule has 10 heteroatoms. The van der Waals surface area contributed by atoms with Crippen molar-refractivity contribution >= 4 is 44.8 Å². The summed E-state index contributed by atoms with van der Waals surface area (Å²) in [6.07, 6.45) is 2.31. The highest BCUT2D eigenvalue weighted by Crippen LogP contribution is 2.35. The highest BCUT2D eigenvalue weighted by molar-refractivity contribution is 7.21. The van der Waals surface area contributed by atoms with E-state index in [-0.39, 0.29) is 0 Å². The zero-order valence-electron chi connectivity index (χ0n) is 20.2. The Morgan fingerprint density at radius 3 is 2.67 bits per heavy atom. The second kappa shape index (κ2) is 8.35. The molecule has 3 aliphatic heterocycles. The lowest BCUT2D eigenvalue weighted by molar-refractivity contribution is 0.275. The number of nitrogens with one attached hydrogen (secondary N) is 1. The van der Waals surface area contributed by atoms with Gasteiger partial charge in [0.1, 0.15) is 22.8 Å². The van der Waals surface area contributed by atoms with E-state index >= 15 is 0 Å². The molecule has 0 saturated carbocycles. The molecule has 8 nitrogen and oxygen atoms in total. The van der Waals surface area contributed by atoms with Crippen LogP contribution in [0.3, 0.4) is 0 Å². The molecule has 3 aromatic heterocycles. The summed E-state index contributed by atoms with van der Waals surface area (Å²) < 4.78 is 14.3. The standard InChI is InChI=1S/C26H27FN8S/c1-15-6-24(32-26(29-15)35-14-19-8-20(35)13-33(19)2)31-23-9-21-22(10-28-23)36-25(30-21)16-4-3-5-18(7-16)34-11-17(27)12-34/h3-7,9-10,17,19-20H,8,11-14H2,1-2H3,(H,28,29,31,32)/t19-,20-/m0/s1. The zero-order valence-corrected chi connectivity index (χ0v) is 21.0. The molecule has 36 heavy (non-hydrogen) atoms. The van der Waals surface area contributed by atoms with Crippen LogP contribution in [0, 0.1) is 6.92 Å². The van der Waals surface area contributed by atoms with Crippen LogP contribution in [-0.2, 0) is 0 Å². The number of hydrogen-bond donors (Lipinski definition) is 1. The van der Waals surface area contributed by atoms with E-state index in [9.17, 15) is 4.39 Å². The fraction of sp³-hybridized carbons (Fsp3) is 0.385. The van der Waals surface area contributed by atoms with Gasteiger partial charge in [0.25, 0.3) is 0 Å². The van der Waals surface area contributed by atoms with E-state index in [4.69, 9.17) is 15.0 Å². The van der Waals surface area contributed by atoms with Crippen molar-refractivity contribution in [3.63, 3.8) is 0 Å². The number of rotatable bonds is 5. The lowest BCUT2D eigenvalue weighted by Crippen LogP contribution is -2.48. The van der Waals surface area contributed by atoms with E-state index in [0.717, 1.165) is 57.0 Å². The van der Waals surface area contributed by atoms with Gasteiger partial charge in [-0.25, -0.2) is 19.3 Å². The second-order valence-electron chi connectivity index (χ2n) is 10.1. The average molecular weight is 503 g/mol. The van der Waals surface area contributed by atoms with Crippen molar-refractivity contribution in [3.05, 3.63) is 48.3 Å². The van der Waals surface area contributed by atoms with Gasteiger partial charge in [0.15, 0.2) is 0 Å². The van der Waals surface area contributed by atoms with Gasteiger partial charge in [-0.05, 0) is 32.5 Å². The number of alkyl halides is 1. The van der Waals surface area contributed by atoms with Crippen LogP contribution in [0.1, 0.15) is 12.1 Å². The summed E-state index contributed by atoms with van der Waals surface area (Å²) in [7, 11) is 2.20. The van der Waals surface area contributed by atoms with Crippen molar-refractivity contribution in [2.45, 2.75) is 31.6 Å². The minimum atomic E-state index is -0.727. The topological polar surface area (TPSA) is 73.3 Å². The Labute approximate surface area is 212 Å². The Balaban J connectivity index is 1.13. The first-order valence-corrected chi connectivity index (χ1v) is 13.2. The molecule has 0 unspecified atom stereocenters. The molecule has 6 heterocycles. The normalized spacial score (nSPS) is 22.0. The number of pyridine rings is 1. The molecule has 3 fully saturated rings. The maximum Gasteiger partial charge on any atom is 0.227 e. The lowest BCUT2D eigenvalue weighted by atomic mass is 10.1. The minimum Gasteiger partial charge on any atom is -0.366 e. The fourth-order valence-electron chi connectivity index (χ4n) is 5.49. The first kappa shape index (κ1) is 21.9. The van der Waals surface area contributed by atoms with Crippen molar-refractivity contribution in [2.24, 2.45) is 0 Å². The van der Waals surface area contributed by atoms with Crippen molar-refractivity contribution < 1.29 is 4.39 Å². The van der Waals surface area contributed by atoms with Crippen LogP contribution in [0.25, 0.3) is 20.8 Å². The third kappa shape index (κ3) is 3.84. The van der Waals surface area contributed by atoms with Crippen molar-refractivity contribution in [1.82, 2.24) is 24.8 Å². The molecule has 4 aromatic rings. The Morgan fingerprint density at radius 1 is 1.00 bits per heavy atom. The summed E-state index contributed by atoms with van der Waals surface area (Å²) in [6.45, 7) is 4.96. The maximum atomic E-state index is 13.3. The molecule has 7 rings (SSSR count). The van der Waals surface area contributed by atoms with Gasteiger partial charge in [-0.3, -0.25) is 4.90 Å². The number of halogens is 1. The summed E-state index contributed by atoms with van der Waals surface area (Å²) in [4.78, 5) is 25.9. The molecule has 184 valence electrons. The van der Waals surface area contributed by atoms with Gasteiger partial charge in [-0.15, -0.1) is 11.3 Å². The summed E-state index contributed by atoms with van der Waals surface area (Å²) in [5, 5.41) is 4.30. The molecule has 1 N–H and O–H groups in total. The average Bonchev–Trinajstić information content (AvgIpc) is 3.55. The van der Waals surface area contributed by atoms with E-state index in [1.54, 1.807) is 11.3 Å². The molecule has 1 aromatic carbocycles. The largest absolute Gasteiger partial charge is 0.366 e. The molecule has 0 aliphatic carbocycles. The van der Waals surface area contributed by atoms with Gasteiger partial charge < -0.3 is 15.1 Å². The quantitative estimate of drug-likeness (QED) is 0.434. The Kier molecular flexibility index (Phi) is 5.07. The lowest BCUT2D eigenvalue weighted by Gasteiger charge is -2.36. The first-order valence-electron chi connectivity index (χ1n) is 12.3. The van der Waals surface area contributed by atoms with Crippen LogP contribution >= 0.6 is 11.3 Å². The van der Waals surface area contributed by atoms with E-state index in [2.05, 4.69) is 44.2 Å². The molecular formula is C26H27FN8S. The first-order chi connectivity index (χ1) is 17.5. The van der Waals surface area contributed by atoms with Gasteiger partial charge in [0, 0.05) is 60.4 Å². The second-order valence-corrected chi connectivity index (χ2v) is 11.1. The number of aromatic nitrogens is 4. The fourth-order valence-corrected chi connectivity index (χ4v) is 6.40. The van der Waals surface area contributed by atoms with Crippen LogP contribution in [0.15, 0.2) is 42.6 Å². The van der Waals surface area contributed by atoms with Gasteiger partial charge in [-0.1, -0.05) is 12.1 Å². The number of aryl methyl sites for hydroxylation is 1. The summed E-state index contributed by atoms with van der Waals surface area (Å²) >= 11 is 1.61. The van der Waals surface area contributed by atoms with Gasteiger partial charge in [-0.2, -0.15) is 4.98 Å². The SMILES string of the molecule is Cc1cc(Nc2cc3nc(-c4cccc(N5CC(F)C5)c4)sc3cn2)nc(N2C[C@@H]3C[C@H]2CN3C)n1. The van der Waals surface area contributed by atoms with Crippen LogP contribution < -0.4 is 15.1 Å². The molecule has 0 spiro atoms. The van der Waals surface area contributed by atoms with Crippen LogP contribution in [0.5, 0.6) is 0 Å². The van der Waals surface area contributed by atoms with Gasteiger partial charge >= 0.3 is 0 Å². The molecule has 2 bridgehead atoms. The number of anilines is 4. The smallest absolute Gasteiger partial charge is 0.227 e. The van der Waals surface area contributed by atoms with Crippen LogP contribution in [0.4, 0.5) is 27.7 Å². The number of piperazine rings is 1. The van der Waals surface area contributed by atoms with E-state index in [1.807, 2.05) is 37.4 Å². The highest BCUT2D eigenvalue weighted by Gasteiger charge is 2.42. The number of likely N-dealkylation sites (N-methyl/N-ethyl adjacent to an activating group) is 1. The number of fused-ring (bicyclic) bond motifs is 3. The predicted molar refractivity (Wildman–Crippen MR) is 142 cm³/mol. The molecule has 2 atom stereocenters. The van der Waals surface area contributed by atoms with Gasteiger partial charge in [0.05, 0.1) is 23.3 Å². The molecule has 3 saturated heterocycles. The Morgan fingerprint density at radius 2 is 1.89 bits per heavy atom. The Bertz CT molecular complexity index is 1450. The third-order valence-corrected chi connectivity index (χ3v) is 8.50. The van der Waals surface area contributed by atoms with Crippen molar-refractivity contribution in [3.8, 4) is 10.6 Å². The number of nitrogens with zero attached hydrogens (tertiary/aromatic N) is 7. The minimum absolute atomic E-state index is 0.461. The van der Waals surface area contributed by atoms with Crippen LogP contribution in [0.2, 0.25) is 0 Å². The monoisotopic (exact) mass is 502 g/mol. The van der Waals surface area contributed by atoms with E-state index < -0.39 is 6.17 Å². The van der Waals surface area contributed by atoms with Crippen molar-refractivity contribution in [2.75, 3.05) is 48.3 Å². The summed E-state index contributed by atoms with van der Waals surface area (Å²) in [6, 6.07) is 13.2. The molecule has 0 radical (unpaired) electrons. The number of thiazole rings is 1. The number of likely N-dealkylation sites (tertiary alicyclic amines) is 1. The number of hydrogen-bond acceptors (Lipinski definition) is 9. The Hall–Kier alpha value is -3.37. The van der Waals surface area contributed by atoms with Crippen LogP contribution in [-0.4, -0.2) is 76.3 Å².